The van der Waals surface area contributed by atoms with E-state index in [1.54, 1.807) is 33.8 Å². The second-order valence-corrected chi connectivity index (χ2v) is 13.9. The van der Waals surface area contributed by atoms with Crippen LogP contribution in [0.15, 0.2) is 52.8 Å². The molecule has 1 fully saturated rings. The molecule has 1 amide bonds. The maximum Gasteiger partial charge on any atom is 0.354 e. The van der Waals surface area contributed by atoms with Crippen LogP contribution in [-0.4, -0.2) is 69.8 Å². The number of halogens is 3. The SMILES string of the molecule is C=CC(=O)N1CC(C)N2c3nc(=O)n(-c4c(C)ccnc4C(C)C)c4c(F)c(-c5c(O)cccc5F)c(F)c(c34)S(=O)(=O)CC2C1. The van der Waals surface area contributed by atoms with Gasteiger partial charge in [0.25, 0.3) is 0 Å². The monoisotopic (exact) mass is 653 g/mol. The van der Waals surface area contributed by atoms with Crippen LogP contribution in [0.25, 0.3) is 27.7 Å². The average molecular weight is 654 g/mol. The first-order valence-electron chi connectivity index (χ1n) is 14.5. The smallest absolute Gasteiger partial charge is 0.354 e. The van der Waals surface area contributed by atoms with Crippen LogP contribution in [0.1, 0.15) is 37.9 Å². The number of sulfone groups is 1. The van der Waals surface area contributed by atoms with Gasteiger partial charge in [0.05, 0.1) is 45.2 Å². The molecule has 2 aromatic heterocycles. The van der Waals surface area contributed by atoms with E-state index in [1.165, 1.54) is 16.0 Å². The zero-order chi connectivity index (χ0) is 33.4. The molecule has 2 aliphatic heterocycles. The highest BCUT2D eigenvalue weighted by molar-refractivity contribution is 7.91. The van der Waals surface area contributed by atoms with Crippen LogP contribution in [0, 0.1) is 24.4 Å². The van der Waals surface area contributed by atoms with Crippen LogP contribution in [0.2, 0.25) is 0 Å². The van der Waals surface area contributed by atoms with Gasteiger partial charge in [-0.05, 0) is 49.6 Å². The van der Waals surface area contributed by atoms with Crippen molar-refractivity contribution < 1.29 is 31.5 Å². The number of aromatic hydroxyl groups is 1. The third-order valence-corrected chi connectivity index (χ3v) is 10.4. The lowest BCUT2D eigenvalue weighted by molar-refractivity contribution is -0.127. The molecule has 0 saturated carbocycles. The van der Waals surface area contributed by atoms with E-state index < -0.39 is 89.4 Å². The van der Waals surface area contributed by atoms with Gasteiger partial charge < -0.3 is 14.9 Å². The number of nitrogens with zero attached hydrogens (tertiary/aromatic N) is 5. The molecule has 0 spiro atoms. The standard InChI is InChI=1S/C32H30F3N5O5S/c1-6-21(42)38-12-17(5)39-18(13-38)14-46(44,45)30-24-29(25(34)23(26(30)35)22-19(33)8-7-9-20(22)41)40(32(43)37-31(24)39)28-16(4)10-11-36-27(28)15(2)3/h6-11,15,17-18,41H,1,12-14H2,2-5H3. The van der Waals surface area contributed by atoms with E-state index in [0.29, 0.717) is 11.3 Å². The first-order chi connectivity index (χ1) is 21.7. The second kappa shape index (κ2) is 11.0. The number of phenolic OH excluding ortho intramolecular Hbond substituents is 1. The van der Waals surface area contributed by atoms with E-state index >= 15 is 13.2 Å². The number of aryl methyl sites for hydroxylation is 1. The number of rotatable bonds is 4. The molecular formula is C32H30F3N5O5S. The van der Waals surface area contributed by atoms with Gasteiger partial charge in [-0.1, -0.05) is 26.5 Å². The van der Waals surface area contributed by atoms with Gasteiger partial charge in [-0.2, -0.15) is 4.98 Å². The zero-order valence-electron chi connectivity index (χ0n) is 25.4. The van der Waals surface area contributed by atoms with Crippen molar-refractivity contribution in [1.82, 2.24) is 19.4 Å². The largest absolute Gasteiger partial charge is 0.507 e. The summed E-state index contributed by atoms with van der Waals surface area (Å²) < 4.78 is 78.7. The predicted octanol–water partition coefficient (Wildman–Crippen LogP) is 4.38. The molecule has 1 N–H and O–H groups in total. The molecule has 2 aromatic carbocycles. The number of phenols is 1. The van der Waals surface area contributed by atoms with Crippen molar-refractivity contribution in [2.45, 2.75) is 50.6 Å². The van der Waals surface area contributed by atoms with Crippen LogP contribution in [-0.2, 0) is 14.6 Å². The number of hydrogen-bond donors (Lipinski definition) is 1. The van der Waals surface area contributed by atoms with E-state index in [9.17, 15) is 23.1 Å². The number of piperazine rings is 1. The van der Waals surface area contributed by atoms with E-state index in [-0.39, 0.29) is 30.5 Å². The molecule has 4 aromatic rings. The van der Waals surface area contributed by atoms with Crippen LogP contribution < -0.4 is 10.6 Å². The summed E-state index contributed by atoms with van der Waals surface area (Å²) in [5, 5.41) is 10.1. The summed E-state index contributed by atoms with van der Waals surface area (Å²) in [6.45, 7) is 10.3. The van der Waals surface area contributed by atoms with Crippen molar-refractivity contribution in [3.8, 4) is 22.6 Å². The maximum atomic E-state index is 17.2. The topological polar surface area (TPSA) is 126 Å². The van der Waals surface area contributed by atoms with Gasteiger partial charge in [0.1, 0.15) is 22.3 Å². The highest BCUT2D eigenvalue weighted by atomic mass is 32.2. The molecule has 2 aliphatic rings. The normalized spacial score (nSPS) is 18.9. The molecule has 4 heterocycles. The van der Waals surface area contributed by atoms with Crippen molar-refractivity contribution >= 4 is 32.5 Å². The first-order valence-corrected chi connectivity index (χ1v) is 16.2. The Kier molecular flexibility index (Phi) is 7.45. The minimum Gasteiger partial charge on any atom is -0.507 e. The van der Waals surface area contributed by atoms with E-state index in [0.717, 1.165) is 28.8 Å². The Labute approximate surface area is 262 Å². The number of hydrogen-bond acceptors (Lipinski definition) is 8. The van der Waals surface area contributed by atoms with Gasteiger partial charge in [0.15, 0.2) is 21.5 Å². The highest BCUT2D eigenvalue weighted by Gasteiger charge is 2.45. The van der Waals surface area contributed by atoms with Gasteiger partial charge in [-0.15, -0.1) is 0 Å². The Morgan fingerprint density at radius 2 is 1.85 bits per heavy atom. The van der Waals surface area contributed by atoms with E-state index in [1.807, 2.05) is 0 Å². The molecule has 0 aliphatic carbocycles. The Balaban J connectivity index is 1.86. The fraction of sp³-hybridized carbons (Fsp3) is 0.312. The van der Waals surface area contributed by atoms with E-state index in [2.05, 4.69) is 16.5 Å². The molecule has 46 heavy (non-hydrogen) atoms. The summed E-state index contributed by atoms with van der Waals surface area (Å²) in [7, 11) is -4.71. The van der Waals surface area contributed by atoms with Gasteiger partial charge in [-0.25, -0.2) is 26.4 Å². The van der Waals surface area contributed by atoms with Crippen molar-refractivity contribution in [3.63, 3.8) is 0 Å². The quantitative estimate of drug-likeness (QED) is 0.254. The number of benzene rings is 2. The molecule has 10 nitrogen and oxygen atoms in total. The van der Waals surface area contributed by atoms with E-state index in [4.69, 9.17) is 0 Å². The van der Waals surface area contributed by atoms with Crippen LogP contribution in [0.4, 0.5) is 19.0 Å². The number of amides is 1. The zero-order valence-corrected chi connectivity index (χ0v) is 26.2. The third kappa shape index (κ3) is 4.57. The minimum absolute atomic E-state index is 0.0777. The van der Waals surface area contributed by atoms with Crippen molar-refractivity contribution in [2.75, 3.05) is 23.7 Å². The fourth-order valence-electron chi connectivity index (χ4n) is 6.66. The van der Waals surface area contributed by atoms with Crippen molar-refractivity contribution in [2.24, 2.45) is 0 Å². The predicted molar refractivity (Wildman–Crippen MR) is 165 cm³/mol. The number of aromatic nitrogens is 3. The lowest BCUT2D eigenvalue weighted by atomic mass is 9.98. The van der Waals surface area contributed by atoms with Crippen LogP contribution >= 0.6 is 0 Å². The van der Waals surface area contributed by atoms with Crippen LogP contribution in [0.5, 0.6) is 5.75 Å². The third-order valence-electron chi connectivity index (χ3n) is 8.55. The Morgan fingerprint density at radius 3 is 2.50 bits per heavy atom. The summed E-state index contributed by atoms with van der Waals surface area (Å²) in [5.74, 6) is -6.98. The fourth-order valence-corrected chi connectivity index (χ4v) is 8.47. The maximum absolute atomic E-state index is 17.2. The molecule has 0 bridgehead atoms. The number of pyridine rings is 1. The van der Waals surface area contributed by atoms with Gasteiger partial charge in [-0.3, -0.25) is 14.3 Å². The summed E-state index contributed by atoms with van der Waals surface area (Å²) in [6.07, 6.45) is 2.59. The molecule has 2 atom stereocenters. The molecule has 1 saturated heterocycles. The highest BCUT2D eigenvalue weighted by Crippen LogP contribution is 2.47. The summed E-state index contributed by atoms with van der Waals surface area (Å²) in [6, 6.07) is 2.90. The van der Waals surface area contributed by atoms with Crippen LogP contribution in [0.3, 0.4) is 0 Å². The Morgan fingerprint density at radius 1 is 1.13 bits per heavy atom. The lowest BCUT2D eigenvalue weighted by Crippen LogP contribution is -2.61. The van der Waals surface area contributed by atoms with Crippen molar-refractivity contribution in [3.05, 3.63) is 82.3 Å². The average Bonchev–Trinajstić information content (AvgIpc) is 3.07. The number of anilines is 1. The first kappa shape index (κ1) is 31.3. The molecule has 14 heteroatoms. The van der Waals surface area contributed by atoms with Crippen molar-refractivity contribution in [1.29, 1.82) is 0 Å². The lowest BCUT2D eigenvalue weighted by Gasteiger charge is -2.45. The van der Waals surface area contributed by atoms with Gasteiger partial charge in [0, 0.05) is 25.3 Å². The minimum atomic E-state index is -4.71. The van der Waals surface area contributed by atoms with Gasteiger partial charge >= 0.3 is 5.69 Å². The molecular weight excluding hydrogens is 623 g/mol. The van der Waals surface area contributed by atoms with Gasteiger partial charge in [0.2, 0.25) is 5.91 Å². The Bertz CT molecular complexity index is 2130. The Hall–Kier alpha value is -4.72. The number of carbonyl (C=O) groups is 1. The molecule has 0 radical (unpaired) electrons. The summed E-state index contributed by atoms with van der Waals surface area (Å²) in [4.78, 5) is 37.3. The summed E-state index contributed by atoms with van der Waals surface area (Å²) in [5.41, 5.74) is -2.84. The molecule has 6 rings (SSSR count). The number of carbonyl (C=O) groups excluding carboxylic acids is 1. The summed E-state index contributed by atoms with van der Waals surface area (Å²) >= 11 is 0. The number of fused-ring (bicyclic) bond motifs is 2. The second-order valence-electron chi connectivity index (χ2n) is 11.9. The molecule has 2 unspecified atom stereocenters. The molecule has 240 valence electrons.